The van der Waals surface area contributed by atoms with Gasteiger partial charge in [0.1, 0.15) is 11.6 Å². The number of nitrogens with two attached hydrogens (primary N) is 1. The average Bonchev–Trinajstić information content (AvgIpc) is 2.84. The summed E-state index contributed by atoms with van der Waals surface area (Å²) in [6, 6.07) is 7.19. The lowest BCUT2D eigenvalue weighted by Gasteiger charge is -2.03. The lowest BCUT2D eigenvalue weighted by molar-refractivity contribution is 0.641. The van der Waals surface area contributed by atoms with Crippen LogP contribution in [0.4, 0.5) is 10.2 Å². The molecule has 0 spiro atoms. The van der Waals surface area contributed by atoms with Gasteiger partial charge in [0.15, 0.2) is 0 Å². The summed E-state index contributed by atoms with van der Waals surface area (Å²) in [7, 11) is 3.66. The molecule has 0 fully saturated rings. The molecular weight excluding hydrogens is 243 g/mol. The largest absolute Gasteiger partial charge is 0.384 e. The molecule has 2 heterocycles. The van der Waals surface area contributed by atoms with Crippen LogP contribution in [0.3, 0.4) is 0 Å². The molecule has 3 aromatic rings. The molecule has 0 aliphatic rings. The first-order chi connectivity index (χ1) is 8.99. The summed E-state index contributed by atoms with van der Waals surface area (Å²) in [5.41, 5.74) is 8.67. The van der Waals surface area contributed by atoms with E-state index in [1.54, 1.807) is 19.2 Å². The molecule has 98 valence electrons. The Balaban J connectivity index is 2.28. The molecule has 1 aromatic carbocycles. The van der Waals surface area contributed by atoms with E-state index in [0.717, 1.165) is 11.2 Å². The Morgan fingerprint density at radius 3 is 2.58 bits per heavy atom. The number of fused-ring (bicyclic) bond motifs is 1. The molecule has 4 nitrogen and oxygen atoms in total. The third kappa shape index (κ3) is 1.62. The maximum Gasteiger partial charge on any atom is 0.142 e. The lowest BCUT2D eigenvalue weighted by atomic mass is 10.1. The molecule has 19 heavy (non-hydrogen) atoms. The minimum atomic E-state index is -0.251. The highest BCUT2D eigenvalue weighted by atomic mass is 19.1. The molecule has 0 radical (unpaired) electrons. The highest BCUT2D eigenvalue weighted by molar-refractivity contribution is 5.87. The van der Waals surface area contributed by atoms with Crippen LogP contribution in [-0.4, -0.2) is 14.3 Å². The molecule has 0 unspecified atom stereocenters. The van der Waals surface area contributed by atoms with Crippen LogP contribution in [0.25, 0.3) is 22.2 Å². The van der Waals surface area contributed by atoms with Gasteiger partial charge in [0.2, 0.25) is 0 Å². The minimum Gasteiger partial charge on any atom is -0.384 e. The Morgan fingerprint density at radius 1 is 1.21 bits per heavy atom. The number of hydrogen-bond donors (Lipinski definition) is 1. The monoisotopic (exact) mass is 258 g/mol. The van der Waals surface area contributed by atoms with Gasteiger partial charge in [-0.2, -0.15) is 5.10 Å². The van der Waals surface area contributed by atoms with Gasteiger partial charge in [-0.15, -0.1) is 0 Å². The minimum absolute atomic E-state index is 0.251. The van der Waals surface area contributed by atoms with Gasteiger partial charge in [-0.05, 0) is 25.1 Å². The second-order valence-corrected chi connectivity index (χ2v) is 4.78. The van der Waals surface area contributed by atoms with Crippen molar-refractivity contribution in [3.63, 3.8) is 0 Å². The number of nitrogen functional groups attached to an aromatic ring is 1. The quantitative estimate of drug-likeness (QED) is 0.729. The zero-order chi connectivity index (χ0) is 13.7. The number of aryl methyl sites for hydroxylation is 3. The number of aromatic nitrogens is 3. The Kier molecular flexibility index (Phi) is 2.38. The molecule has 0 saturated carbocycles. The van der Waals surface area contributed by atoms with E-state index in [1.807, 2.05) is 30.7 Å². The van der Waals surface area contributed by atoms with E-state index in [9.17, 15) is 4.39 Å². The Bertz CT molecular complexity index is 763. The number of rotatable bonds is 1. The molecule has 0 aliphatic carbocycles. The average molecular weight is 258 g/mol. The van der Waals surface area contributed by atoms with E-state index in [0.29, 0.717) is 22.5 Å². The van der Waals surface area contributed by atoms with E-state index in [1.165, 1.54) is 4.68 Å². The first kappa shape index (κ1) is 11.8. The molecule has 0 atom stereocenters. The predicted molar refractivity (Wildman–Crippen MR) is 74.2 cm³/mol. The van der Waals surface area contributed by atoms with Crippen molar-refractivity contribution in [2.45, 2.75) is 6.92 Å². The topological polar surface area (TPSA) is 48.8 Å². The van der Waals surface area contributed by atoms with Gasteiger partial charge in [0.05, 0.1) is 11.2 Å². The fourth-order valence-electron chi connectivity index (χ4n) is 2.32. The van der Waals surface area contributed by atoms with Crippen LogP contribution in [0.1, 0.15) is 5.69 Å². The number of benzene rings is 1. The van der Waals surface area contributed by atoms with Crippen molar-refractivity contribution in [1.29, 1.82) is 0 Å². The van der Waals surface area contributed by atoms with Crippen LogP contribution >= 0.6 is 0 Å². The summed E-state index contributed by atoms with van der Waals surface area (Å²) >= 11 is 0. The second kappa shape index (κ2) is 3.85. The van der Waals surface area contributed by atoms with Crippen molar-refractivity contribution in [1.82, 2.24) is 14.3 Å². The normalized spacial score (nSPS) is 11.4. The van der Waals surface area contributed by atoms with Crippen molar-refractivity contribution in [2.24, 2.45) is 14.1 Å². The van der Waals surface area contributed by atoms with E-state index < -0.39 is 0 Å². The Morgan fingerprint density at radius 2 is 1.95 bits per heavy atom. The van der Waals surface area contributed by atoms with Crippen molar-refractivity contribution in [3.05, 3.63) is 35.8 Å². The number of hydrogen-bond acceptors (Lipinski definition) is 2. The zero-order valence-electron chi connectivity index (χ0n) is 11.1. The summed E-state index contributed by atoms with van der Waals surface area (Å²) < 4.78 is 18.1. The highest BCUT2D eigenvalue weighted by Gasteiger charge is 2.15. The van der Waals surface area contributed by atoms with Gasteiger partial charge in [-0.25, -0.2) is 4.39 Å². The number of halogens is 1. The van der Waals surface area contributed by atoms with Gasteiger partial charge >= 0.3 is 0 Å². The first-order valence-electron chi connectivity index (χ1n) is 6.03. The zero-order valence-corrected chi connectivity index (χ0v) is 11.1. The van der Waals surface area contributed by atoms with Gasteiger partial charge < -0.3 is 10.3 Å². The maximum atomic E-state index is 14.6. The van der Waals surface area contributed by atoms with E-state index in [4.69, 9.17) is 5.73 Å². The summed E-state index contributed by atoms with van der Waals surface area (Å²) in [6.07, 6.45) is 0. The maximum absolute atomic E-state index is 14.6. The number of anilines is 1. The summed E-state index contributed by atoms with van der Waals surface area (Å²) in [4.78, 5) is 0. The molecule has 2 aromatic heterocycles. The summed E-state index contributed by atoms with van der Waals surface area (Å²) in [5.74, 6) is 0.262. The summed E-state index contributed by atoms with van der Waals surface area (Å²) in [5, 5.41) is 4.83. The SMILES string of the molecule is Cc1cc2c(F)c(-c3cc(N)n(C)n3)ccc2n1C. The summed E-state index contributed by atoms with van der Waals surface area (Å²) in [6.45, 7) is 1.96. The first-order valence-corrected chi connectivity index (χ1v) is 6.03. The van der Waals surface area contributed by atoms with Crippen LogP contribution in [0.2, 0.25) is 0 Å². The molecule has 5 heteroatoms. The van der Waals surface area contributed by atoms with Crippen molar-refractivity contribution in [2.75, 3.05) is 5.73 Å². The van der Waals surface area contributed by atoms with E-state index >= 15 is 0 Å². The molecule has 2 N–H and O–H groups in total. The van der Waals surface area contributed by atoms with Gasteiger partial charge in [0.25, 0.3) is 0 Å². The van der Waals surface area contributed by atoms with Crippen LogP contribution in [0.5, 0.6) is 0 Å². The lowest BCUT2D eigenvalue weighted by Crippen LogP contribution is -1.96. The standard InChI is InChI=1S/C14H15FN4/c1-8-6-10-12(18(8)2)5-4-9(14(10)15)11-7-13(16)19(3)17-11/h4-7H,16H2,1-3H3. The van der Waals surface area contributed by atoms with Gasteiger partial charge in [-0.1, -0.05) is 0 Å². The third-order valence-electron chi connectivity index (χ3n) is 3.59. The van der Waals surface area contributed by atoms with Crippen molar-refractivity contribution < 1.29 is 4.39 Å². The third-order valence-corrected chi connectivity index (χ3v) is 3.59. The molecule has 0 saturated heterocycles. The number of nitrogens with zero attached hydrogens (tertiary/aromatic N) is 3. The van der Waals surface area contributed by atoms with Crippen LogP contribution in [0.15, 0.2) is 24.3 Å². The smallest absolute Gasteiger partial charge is 0.142 e. The molecule has 0 aliphatic heterocycles. The van der Waals surface area contributed by atoms with Crippen molar-refractivity contribution in [3.8, 4) is 11.3 Å². The molecular formula is C14H15FN4. The van der Waals surface area contributed by atoms with Crippen molar-refractivity contribution >= 4 is 16.7 Å². The second-order valence-electron chi connectivity index (χ2n) is 4.78. The van der Waals surface area contributed by atoms with Crippen LogP contribution in [0, 0.1) is 12.7 Å². The molecule has 3 rings (SSSR count). The van der Waals surface area contributed by atoms with E-state index in [-0.39, 0.29) is 5.82 Å². The predicted octanol–water partition coefficient (Wildman–Crippen LogP) is 2.61. The van der Waals surface area contributed by atoms with Crippen LogP contribution in [-0.2, 0) is 14.1 Å². The Hall–Kier alpha value is -2.30. The molecule has 0 bridgehead atoms. The fraction of sp³-hybridized carbons (Fsp3) is 0.214. The van der Waals surface area contributed by atoms with Crippen LogP contribution < -0.4 is 5.73 Å². The fourth-order valence-corrected chi connectivity index (χ4v) is 2.32. The highest BCUT2D eigenvalue weighted by Crippen LogP contribution is 2.30. The van der Waals surface area contributed by atoms with Gasteiger partial charge in [0, 0.05) is 36.8 Å². The van der Waals surface area contributed by atoms with Gasteiger partial charge in [-0.3, -0.25) is 4.68 Å². The Labute approximate surface area is 110 Å². The molecule has 0 amide bonds. The van der Waals surface area contributed by atoms with E-state index in [2.05, 4.69) is 5.10 Å².